The van der Waals surface area contributed by atoms with Gasteiger partial charge in [-0.15, -0.1) is 0 Å². The standard InChI is InChI=1S/C11H7NO2/c13-11-5-4-8-9-3-1-2-6-12(9)7-10(8)14-11/h1-7H. The molecule has 0 bridgehead atoms. The zero-order chi connectivity index (χ0) is 9.54. The molecule has 3 nitrogen and oxygen atoms in total. The van der Waals surface area contributed by atoms with E-state index in [1.165, 1.54) is 6.07 Å². The van der Waals surface area contributed by atoms with Crippen LogP contribution in [0.15, 0.2) is 51.9 Å². The molecule has 68 valence electrons. The highest BCUT2D eigenvalue weighted by Gasteiger charge is 2.03. The summed E-state index contributed by atoms with van der Waals surface area (Å²) >= 11 is 0. The van der Waals surface area contributed by atoms with Crippen LogP contribution in [0.2, 0.25) is 0 Å². The van der Waals surface area contributed by atoms with Crippen LogP contribution in [-0.2, 0) is 0 Å². The summed E-state index contributed by atoms with van der Waals surface area (Å²) in [5.41, 5.74) is 1.36. The number of rotatable bonds is 0. The van der Waals surface area contributed by atoms with Crippen molar-refractivity contribution in [1.29, 1.82) is 0 Å². The second kappa shape index (κ2) is 2.48. The zero-order valence-electron chi connectivity index (χ0n) is 7.31. The lowest BCUT2D eigenvalue weighted by molar-refractivity contribution is 0.561. The minimum absolute atomic E-state index is 0.312. The molecule has 3 rings (SSSR count). The largest absolute Gasteiger partial charge is 0.421 e. The summed E-state index contributed by atoms with van der Waals surface area (Å²) in [6, 6.07) is 9.11. The topological polar surface area (TPSA) is 34.6 Å². The third kappa shape index (κ3) is 0.893. The molecule has 0 saturated carbocycles. The maximum atomic E-state index is 11.0. The van der Waals surface area contributed by atoms with Gasteiger partial charge in [-0.05, 0) is 18.2 Å². The van der Waals surface area contributed by atoms with E-state index in [-0.39, 0.29) is 5.63 Å². The van der Waals surface area contributed by atoms with E-state index in [2.05, 4.69) is 0 Å². The maximum absolute atomic E-state index is 11.0. The molecule has 0 radical (unpaired) electrons. The third-order valence-corrected chi connectivity index (χ3v) is 2.28. The van der Waals surface area contributed by atoms with Crippen molar-refractivity contribution in [3.05, 3.63) is 53.1 Å². The molecule has 0 atom stereocenters. The van der Waals surface area contributed by atoms with Gasteiger partial charge < -0.3 is 8.82 Å². The van der Waals surface area contributed by atoms with Crippen molar-refractivity contribution < 1.29 is 4.42 Å². The number of hydrogen-bond acceptors (Lipinski definition) is 2. The molecule has 3 heteroatoms. The van der Waals surface area contributed by atoms with Gasteiger partial charge in [-0.3, -0.25) is 0 Å². The van der Waals surface area contributed by atoms with Gasteiger partial charge in [0.15, 0.2) is 5.58 Å². The highest BCUT2D eigenvalue weighted by molar-refractivity contribution is 5.93. The summed E-state index contributed by atoms with van der Waals surface area (Å²) in [5.74, 6) is 0. The van der Waals surface area contributed by atoms with E-state index in [0.717, 1.165) is 10.9 Å². The minimum Gasteiger partial charge on any atom is -0.421 e. The van der Waals surface area contributed by atoms with Crippen LogP contribution in [0.3, 0.4) is 0 Å². The molecule has 0 aliphatic carbocycles. The summed E-state index contributed by atoms with van der Waals surface area (Å²) in [6.45, 7) is 0. The second-order valence-electron chi connectivity index (χ2n) is 3.15. The van der Waals surface area contributed by atoms with E-state index in [0.29, 0.717) is 5.58 Å². The Morgan fingerprint density at radius 2 is 2.07 bits per heavy atom. The van der Waals surface area contributed by atoms with E-state index < -0.39 is 0 Å². The molecular formula is C11H7NO2. The number of fused-ring (bicyclic) bond motifs is 3. The van der Waals surface area contributed by atoms with Crippen LogP contribution < -0.4 is 5.63 Å². The molecule has 3 heterocycles. The van der Waals surface area contributed by atoms with Gasteiger partial charge in [-0.1, -0.05) is 6.07 Å². The van der Waals surface area contributed by atoms with Gasteiger partial charge in [0.05, 0.1) is 11.7 Å². The monoisotopic (exact) mass is 185 g/mol. The van der Waals surface area contributed by atoms with E-state index in [4.69, 9.17) is 4.42 Å². The predicted molar refractivity (Wildman–Crippen MR) is 53.4 cm³/mol. The first-order chi connectivity index (χ1) is 6.84. The van der Waals surface area contributed by atoms with Crippen LogP contribution in [0.1, 0.15) is 0 Å². The lowest BCUT2D eigenvalue weighted by Gasteiger charge is -1.90. The first kappa shape index (κ1) is 7.38. The van der Waals surface area contributed by atoms with Crippen LogP contribution in [0.5, 0.6) is 0 Å². The quantitative estimate of drug-likeness (QED) is 0.537. The van der Waals surface area contributed by atoms with Crippen LogP contribution >= 0.6 is 0 Å². The molecule has 0 N–H and O–H groups in total. The van der Waals surface area contributed by atoms with Crippen molar-refractivity contribution in [3.63, 3.8) is 0 Å². The Morgan fingerprint density at radius 1 is 1.14 bits per heavy atom. The van der Waals surface area contributed by atoms with E-state index in [1.807, 2.05) is 35.0 Å². The van der Waals surface area contributed by atoms with Gasteiger partial charge in [-0.25, -0.2) is 4.79 Å². The number of nitrogens with zero attached hydrogens (tertiary/aromatic N) is 1. The van der Waals surface area contributed by atoms with Crippen LogP contribution in [0.25, 0.3) is 16.5 Å². The van der Waals surface area contributed by atoms with Crippen molar-refractivity contribution in [3.8, 4) is 0 Å². The van der Waals surface area contributed by atoms with Crippen LogP contribution in [-0.4, -0.2) is 4.40 Å². The maximum Gasteiger partial charge on any atom is 0.336 e. The summed E-state index contributed by atoms with van der Waals surface area (Å²) in [7, 11) is 0. The van der Waals surface area contributed by atoms with Gasteiger partial charge in [0.2, 0.25) is 0 Å². The number of pyridine rings is 1. The molecule has 0 aliphatic rings. The molecular weight excluding hydrogens is 178 g/mol. The van der Waals surface area contributed by atoms with Crippen molar-refractivity contribution in [2.45, 2.75) is 0 Å². The van der Waals surface area contributed by atoms with Crippen molar-refractivity contribution in [2.75, 3.05) is 0 Å². The smallest absolute Gasteiger partial charge is 0.336 e. The molecule has 0 saturated heterocycles. The van der Waals surface area contributed by atoms with E-state index in [1.54, 1.807) is 6.07 Å². The Morgan fingerprint density at radius 3 is 3.00 bits per heavy atom. The average Bonchev–Trinajstić information content (AvgIpc) is 2.54. The fraction of sp³-hybridized carbons (Fsp3) is 0. The third-order valence-electron chi connectivity index (χ3n) is 2.28. The SMILES string of the molecule is O=c1ccc2c(cn3ccccc23)o1. The molecule has 0 amide bonds. The molecule has 3 aromatic heterocycles. The Bertz CT molecular complexity index is 663. The van der Waals surface area contributed by atoms with Gasteiger partial charge in [0.25, 0.3) is 0 Å². The lowest BCUT2D eigenvalue weighted by atomic mass is 10.3. The normalized spacial score (nSPS) is 11.1. The molecule has 0 unspecified atom stereocenters. The molecule has 0 fully saturated rings. The fourth-order valence-electron chi connectivity index (χ4n) is 1.66. The summed E-state index contributed by atoms with van der Waals surface area (Å²) < 4.78 is 7.01. The number of hydrogen-bond donors (Lipinski definition) is 0. The second-order valence-corrected chi connectivity index (χ2v) is 3.15. The highest BCUT2D eigenvalue weighted by atomic mass is 16.4. The summed E-state index contributed by atoms with van der Waals surface area (Å²) in [5, 5.41) is 0.963. The molecule has 0 spiro atoms. The molecule has 0 aromatic carbocycles. The molecule has 14 heavy (non-hydrogen) atoms. The fourth-order valence-corrected chi connectivity index (χ4v) is 1.66. The van der Waals surface area contributed by atoms with E-state index >= 15 is 0 Å². The van der Waals surface area contributed by atoms with Gasteiger partial charge in [-0.2, -0.15) is 0 Å². The van der Waals surface area contributed by atoms with E-state index in [9.17, 15) is 4.79 Å². The van der Waals surface area contributed by atoms with Gasteiger partial charge in [0.1, 0.15) is 0 Å². The Balaban J connectivity index is 2.63. The Labute approximate surface area is 79.2 Å². The zero-order valence-corrected chi connectivity index (χ0v) is 7.31. The Kier molecular flexibility index (Phi) is 1.31. The first-order valence-electron chi connectivity index (χ1n) is 4.34. The first-order valence-corrected chi connectivity index (χ1v) is 4.34. The highest BCUT2D eigenvalue weighted by Crippen LogP contribution is 2.19. The average molecular weight is 185 g/mol. The summed E-state index contributed by atoms with van der Waals surface area (Å²) in [4.78, 5) is 11.0. The van der Waals surface area contributed by atoms with Crippen molar-refractivity contribution in [1.82, 2.24) is 4.40 Å². The van der Waals surface area contributed by atoms with Crippen molar-refractivity contribution in [2.24, 2.45) is 0 Å². The number of aromatic nitrogens is 1. The lowest BCUT2D eigenvalue weighted by Crippen LogP contribution is -1.92. The van der Waals surface area contributed by atoms with Crippen molar-refractivity contribution >= 4 is 16.5 Å². The predicted octanol–water partition coefficient (Wildman–Crippen LogP) is 2.05. The molecule has 3 aromatic rings. The minimum atomic E-state index is -0.312. The van der Waals surface area contributed by atoms with Crippen LogP contribution in [0.4, 0.5) is 0 Å². The van der Waals surface area contributed by atoms with Crippen LogP contribution in [0, 0.1) is 0 Å². The van der Waals surface area contributed by atoms with Gasteiger partial charge in [0, 0.05) is 17.6 Å². The summed E-state index contributed by atoms with van der Waals surface area (Å²) in [6.07, 6.45) is 3.74. The molecule has 0 aliphatic heterocycles. The Hall–Kier alpha value is -2.03. The van der Waals surface area contributed by atoms with Gasteiger partial charge >= 0.3 is 5.63 Å².